The second-order valence-corrected chi connectivity index (χ2v) is 5.60. The standard InChI is InChI=1S/C14H24N2O3/c1-19-13(17)6-8-15-14(18)16-9-7-11-4-2-3-5-12(11)10-16/h11-12H,2-10H2,1H3,(H,15,18). The van der Waals surface area contributed by atoms with Crippen LogP contribution in [-0.2, 0) is 9.53 Å². The molecule has 0 aromatic carbocycles. The molecule has 5 nitrogen and oxygen atoms in total. The Morgan fingerprint density at radius 3 is 2.68 bits per heavy atom. The quantitative estimate of drug-likeness (QED) is 0.794. The highest BCUT2D eigenvalue weighted by Gasteiger charge is 2.32. The number of hydrogen-bond donors (Lipinski definition) is 1. The van der Waals surface area contributed by atoms with Gasteiger partial charge in [0.2, 0.25) is 0 Å². The Kier molecular flexibility index (Phi) is 5.05. The van der Waals surface area contributed by atoms with Gasteiger partial charge in [-0.15, -0.1) is 0 Å². The lowest BCUT2D eigenvalue weighted by molar-refractivity contribution is -0.140. The van der Waals surface area contributed by atoms with E-state index >= 15 is 0 Å². The van der Waals surface area contributed by atoms with Crippen LogP contribution in [0.1, 0.15) is 38.5 Å². The first-order chi connectivity index (χ1) is 9.20. The largest absolute Gasteiger partial charge is 0.469 e. The summed E-state index contributed by atoms with van der Waals surface area (Å²) < 4.78 is 4.54. The molecule has 2 amide bonds. The molecule has 1 saturated carbocycles. The molecular formula is C14H24N2O3. The van der Waals surface area contributed by atoms with Crippen molar-refractivity contribution in [3.63, 3.8) is 0 Å². The number of esters is 1. The van der Waals surface area contributed by atoms with Crippen molar-refractivity contribution >= 4 is 12.0 Å². The molecule has 2 fully saturated rings. The molecule has 19 heavy (non-hydrogen) atoms. The van der Waals surface area contributed by atoms with Crippen molar-refractivity contribution in [2.45, 2.75) is 38.5 Å². The van der Waals surface area contributed by atoms with E-state index in [-0.39, 0.29) is 18.4 Å². The molecule has 0 bridgehead atoms. The predicted molar refractivity (Wildman–Crippen MR) is 71.7 cm³/mol. The molecule has 1 aliphatic carbocycles. The Morgan fingerprint density at radius 2 is 1.95 bits per heavy atom. The van der Waals surface area contributed by atoms with Crippen LogP contribution in [0, 0.1) is 11.8 Å². The number of amides is 2. The van der Waals surface area contributed by atoms with Crippen LogP contribution in [0.3, 0.4) is 0 Å². The molecule has 2 unspecified atom stereocenters. The molecule has 0 aromatic heterocycles. The molecule has 0 radical (unpaired) electrons. The van der Waals surface area contributed by atoms with E-state index in [2.05, 4.69) is 10.1 Å². The molecule has 1 aliphatic heterocycles. The number of rotatable bonds is 3. The van der Waals surface area contributed by atoms with Crippen LogP contribution >= 0.6 is 0 Å². The summed E-state index contributed by atoms with van der Waals surface area (Å²) in [5.41, 5.74) is 0. The second-order valence-electron chi connectivity index (χ2n) is 5.60. The Labute approximate surface area is 114 Å². The number of hydrogen-bond acceptors (Lipinski definition) is 3. The zero-order valence-corrected chi connectivity index (χ0v) is 11.7. The van der Waals surface area contributed by atoms with Crippen LogP contribution in [-0.4, -0.2) is 43.6 Å². The molecule has 1 heterocycles. The maximum absolute atomic E-state index is 12.0. The number of methoxy groups -OCH3 is 1. The Morgan fingerprint density at radius 1 is 1.21 bits per heavy atom. The molecule has 5 heteroatoms. The second kappa shape index (κ2) is 6.78. The lowest BCUT2D eigenvalue weighted by Gasteiger charge is -2.41. The Hall–Kier alpha value is -1.26. The van der Waals surface area contributed by atoms with Gasteiger partial charge in [0.25, 0.3) is 0 Å². The van der Waals surface area contributed by atoms with Crippen LogP contribution in [0.2, 0.25) is 0 Å². The fourth-order valence-corrected chi connectivity index (χ4v) is 3.27. The fraction of sp³-hybridized carbons (Fsp3) is 0.857. The zero-order valence-electron chi connectivity index (χ0n) is 11.7. The van der Waals surface area contributed by atoms with Gasteiger partial charge in [0, 0.05) is 19.6 Å². The number of ether oxygens (including phenoxy) is 1. The van der Waals surface area contributed by atoms with Crippen molar-refractivity contribution in [1.82, 2.24) is 10.2 Å². The van der Waals surface area contributed by atoms with Crippen molar-refractivity contribution < 1.29 is 14.3 Å². The number of fused-ring (bicyclic) bond motifs is 1. The van der Waals surface area contributed by atoms with Gasteiger partial charge in [0.1, 0.15) is 0 Å². The van der Waals surface area contributed by atoms with Crippen molar-refractivity contribution in [3.05, 3.63) is 0 Å². The molecular weight excluding hydrogens is 244 g/mol. The number of nitrogens with zero attached hydrogens (tertiary/aromatic N) is 1. The van der Waals surface area contributed by atoms with Crippen LogP contribution < -0.4 is 5.32 Å². The molecule has 0 aromatic rings. The smallest absolute Gasteiger partial charge is 0.317 e. The van der Waals surface area contributed by atoms with E-state index < -0.39 is 0 Å². The van der Waals surface area contributed by atoms with Crippen LogP contribution in [0.25, 0.3) is 0 Å². The lowest BCUT2D eigenvalue weighted by atomic mass is 9.75. The number of piperidine rings is 1. The molecule has 108 valence electrons. The Balaban J connectivity index is 1.72. The third kappa shape index (κ3) is 3.85. The van der Waals surface area contributed by atoms with Crippen LogP contribution in [0.5, 0.6) is 0 Å². The summed E-state index contributed by atoms with van der Waals surface area (Å²) in [6, 6.07) is -0.0343. The first kappa shape index (κ1) is 14.2. The topological polar surface area (TPSA) is 58.6 Å². The zero-order chi connectivity index (χ0) is 13.7. The third-order valence-electron chi connectivity index (χ3n) is 4.41. The van der Waals surface area contributed by atoms with E-state index in [0.29, 0.717) is 12.5 Å². The average molecular weight is 268 g/mol. The van der Waals surface area contributed by atoms with E-state index in [0.717, 1.165) is 25.4 Å². The molecule has 1 saturated heterocycles. The lowest BCUT2D eigenvalue weighted by Crippen LogP contribution is -2.49. The summed E-state index contributed by atoms with van der Waals surface area (Å²) in [6.45, 7) is 2.09. The van der Waals surface area contributed by atoms with Gasteiger partial charge in [0.15, 0.2) is 0 Å². The summed E-state index contributed by atoms with van der Waals surface area (Å²) in [7, 11) is 1.36. The maximum atomic E-state index is 12.0. The number of likely N-dealkylation sites (tertiary alicyclic amines) is 1. The normalized spacial score (nSPS) is 26.5. The first-order valence-corrected chi connectivity index (χ1v) is 7.30. The van der Waals surface area contributed by atoms with E-state index in [1.54, 1.807) is 0 Å². The highest BCUT2D eigenvalue weighted by atomic mass is 16.5. The predicted octanol–water partition coefficient (Wildman–Crippen LogP) is 1.77. The van der Waals surface area contributed by atoms with Crippen molar-refractivity contribution in [3.8, 4) is 0 Å². The van der Waals surface area contributed by atoms with Gasteiger partial charge < -0.3 is 15.0 Å². The van der Waals surface area contributed by atoms with Gasteiger partial charge in [-0.1, -0.05) is 19.3 Å². The minimum atomic E-state index is -0.286. The summed E-state index contributed by atoms with van der Waals surface area (Å²) >= 11 is 0. The number of nitrogens with one attached hydrogen (secondary N) is 1. The van der Waals surface area contributed by atoms with Crippen LogP contribution in [0.4, 0.5) is 4.79 Å². The fourth-order valence-electron chi connectivity index (χ4n) is 3.27. The van der Waals surface area contributed by atoms with Gasteiger partial charge in [-0.2, -0.15) is 0 Å². The van der Waals surface area contributed by atoms with Crippen molar-refractivity contribution in [2.75, 3.05) is 26.7 Å². The molecule has 2 aliphatic rings. The molecule has 1 N–H and O–H groups in total. The molecule has 2 atom stereocenters. The number of carbonyl (C=O) groups excluding carboxylic acids is 2. The van der Waals surface area contributed by atoms with E-state index in [1.165, 1.54) is 32.8 Å². The van der Waals surface area contributed by atoms with Gasteiger partial charge >= 0.3 is 12.0 Å². The molecule has 0 spiro atoms. The van der Waals surface area contributed by atoms with Gasteiger partial charge in [-0.25, -0.2) is 4.79 Å². The summed E-state index contributed by atoms with van der Waals surface area (Å²) in [5.74, 6) is 1.23. The molecule has 2 rings (SSSR count). The van der Waals surface area contributed by atoms with E-state index in [4.69, 9.17) is 0 Å². The SMILES string of the molecule is COC(=O)CCNC(=O)N1CCC2CCCCC2C1. The summed E-state index contributed by atoms with van der Waals surface area (Å²) in [4.78, 5) is 24.9. The highest BCUT2D eigenvalue weighted by Crippen LogP contribution is 2.35. The van der Waals surface area contributed by atoms with Gasteiger partial charge in [0.05, 0.1) is 13.5 Å². The summed E-state index contributed by atoms with van der Waals surface area (Å²) in [6.07, 6.45) is 6.63. The number of carbonyl (C=O) groups is 2. The Bertz CT molecular complexity index is 333. The summed E-state index contributed by atoms with van der Waals surface area (Å²) in [5, 5.41) is 2.80. The third-order valence-corrected chi connectivity index (χ3v) is 4.41. The minimum Gasteiger partial charge on any atom is -0.469 e. The number of urea groups is 1. The van der Waals surface area contributed by atoms with Crippen LogP contribution in [0.15, 0.2) is 0 Å². The van der Waals surface area contributed by atoms with Crippen molar-refractivity contribution in [1.29, 1.82) is 0 Å². The highest BCUT2D eigenvalue weighted by molar-refractivity contribution is 5.75. The first-order valence-electron chi connectivity index (χ1n) is 7.30. The minimum absolute atomic E-state index is 0.0343. The maximum Gasteiger partial charge on any atom is 0.317 e. The van der Waals surface area contributed by atoms with E-state index in [1.807, 2.05) is 4.90 Å². The van der Waals surface area contributed by atoms with Gasteiger partial charge in [-0.3, -0.25) is 4.79 Å². The monoisotopic (exact) mass is 268 g/mol. The van der Waals surface area contributed by atoms with E-state index in [9.17, 15) is 9.59 Å². The van der Waals surface area contributed by atoms with Crippen molar-refractivity contribution in [2.24, 2.45) is 11.8 Å². The van der Waals surface area contributed by atoms with Gasteiger partial charge in [-0.05, 0) is 24.7 Å². The average Bonchev–Trinajstić information content (AvgIpc) is 2.46.